The summed E-state index contributed by atoms with van der Waals surface area (Å²) < 4.78 is 4.82. The van der Waals surface area contributed by atoms with Crippen molar-refractivity contribution in [2.75, 3.05) is 27.9 Å². The molecule has 0 fully saturated rings. The molecule has 0 aliphatic carbocycles. The predicted molar refractivity (Wildman–Crippen MR) is 37.7 cm³/mol. The van der Waals surface area contributed by atoms with Crippen LogP contribution in [0.1, 0.15) is 0 Å². The summed E-state index contributed by atoms with van der Waals surface area (Å²) >= 11 is 0. The van der Waals surface area contributed by atoms with Gasteiger partial charge in [0.15, 0.2) is 0 Å². The molecule has 70 valence electrons. The second-order valence-corrected chi connectivity index (χ2v) is 3.23. The monoisotopic (exact) mass is 178 g/mol. The van der Waals surface area contributed by atoms with Gasteiger partial charge in [-0.25, -0.2) is 9.59 Å². The largest absolute Gasteiger partial charge is 0.449 e. The van der Waals surface area contributed by atoms with E-state index in [1.165, 1.54) is 0 Å². The van der Waals surface area contributed by atoms with Crippen molar-refractivity contribution in [2.45, 2.75) is 0 Å². The van der Waals surface area contributed by atoms with E-state index in [0.29, 0.717) is 4.48 Å². The topological polar surface area (TPSA) is 72.8 Å². The van der Waals surface area contributed by atoms with Gasteiger partial charge < -0.3 is 4.74 Å². The molecule has 6 nitrogen and oxygen atoms in total. The average Bonchev–Trinajstić information content (AvgIpc) is 1.97. The van der Waals surface area contributed by atoms with Gasteiger partial charge in [0.05, 0.1) is 21.1 Å². The fourth-order valence-electron chi connectivity index (χ4n) is 0.348. The molecule has 0 saturated heterocycles. The number of quaternary nitrogens is 1. The second kappa shape index (κ2) is 4.03. The third-order valence-corrected chi connectivity index (χ3v) is 0.833. The Balaban J connectivity index is 3.80. The standard InChI is InChI=1S/C6H11NO5/c1-7(2,3)4-11-5(8)6(9)12-10/h4H2,1-3H3/p+1. The molecule has 0 aliphatic rings. The molecule has 0 atom stereocenters. The molecule has 0 rings (SSSR count). The van der Waals surface area contributed by atoms with Crippen LogP contribution in [0.15, 0.2) is 0 Å². The molecular formula is C6H12NO5+. The zero-order valence-corrected chi connectivity index (χ0v) is 7.23. The molecule has 0 bridgehead atoms. The molecule has 0 spiro atoms. The van der Waals surface area contributed by atoms with Crippen molar-refractivity contribution in [3.8, 4) is 0 Å². The van der Waals surface area contributed by atoms with Crippen molar-refractivity contribution in [2.24, 2.45) is 0 Å². The second-order valence-electron chi connectivity index (χ2n) is 3.23. The minimum Gasteiger partial charge on any atom is -0.406 e. The Morgan fingerprint density at radius 3 is 2.08 bits per heavy atom. The SMILES string of the molecule is C[N+](C)(C)COC(=O)C(=O)OO. The minimum atomic E-state index is -1.41. The lowest BCUT2D eigenvalue weighted by molar-refractivity contribution is -0.888. The molecule has 0 radical (unpaired) electrons. The maximum Gasteiger partial charge on any atom is 0.449 e. The van der Waals surface area contributed by atoms with Crippen LogP contribution in [0.2, 0.25) is 0 Å². The molecule has 6 heteroatoms. The van der Waals surface area contributed by atoms with Crippen molar-refractivity contribution in [3.63, 3.8) is 0 Å². The summed E-state index contributed by atoms with van der Waals surface area (Å²) in [6.45, 7) is 0.0356. The molecule has 0 aliphatic heterocycles. The van der Waals surface area contributed by atoms with Crippen LogP contribution in [0.3, 0.4) is 0 Å². The predicted octanol–water partition coefficient (Wildman–Crippen LogP) is -0.790. The van der Waals surface area contributed by atoms with E-state index < -0.39 is 11.9 Å². The first kappa shape index (κ1) is 10.9. The highest BCUT2D eigenvalue weighted by Crippen LogP contribution is 1.91. The van der Waals surface area contributed by atoms with E-state index in [9.17, 15) is 9.59 Å². The molecule has 12 heavy (non-hydrogen) atoms. The number of hydrogen-bond acceptors (Lipinski definition) is 5. The maximum absolute atomic E-state index is 10.6. The van der Waals surface area contributed by atoms with Crippen molar-refractivity contribution < 1.29 is 29.0 Å². The Labute approximate surface area is 69.8 Å². The van der Waals surface area contributed by atoms with Gasteiger partial charge in [-0.15, -0.1) is 0 Å². The number of ether oxygens (including phenoxy) is 1. The Kier molecular flexibility index (Phi) is 3.65. The quantitative estimate of drug-likeness (QED) is 0.150. The summed E-state index contributed by atoms with van der Waals surface area (Å²) in [5.41, 5.74) is 0. The lowest BCUT2D eigenvalue weighted by Crippen LogP contribution is -2.38. The van der Waals surface area contributed by atoms with E-state index in [2.05, 4.69) is 9.62 Å². The fraction of sp³-hybridized carbons (Fsp3) is 0.667. The zero-order valence-electron chi connectivity index (χ0n) is 7.23. The summed E-state index contributed by atoms with van der Waals surface area (Å²) in [5, 5.41) is 7.78. The van der Waals surface area contributed by atoms with Crippen LogP contribution in [0, 0.1) is 0 Å². The normalized spacial score (nSPS) is 10.7. The molecule has 0 unspecified atom stereocenters. The van der Waals surface area contributed by atoms with Gasteiger partial charge in [-0.1, -0.05) is 0 Å². The molecular weight excluding hydrogens is 166 g/mol. The summed E-state index contributed by atoms with van der Waals surface area (Å²) in [4.78, 5) is 24.0. The van der Waals surface area contributed by atoms with Crippen LogP contribution in [-0.2, 0) is 19.2 Å². The van der Waals surface area contributed by atoms with Crippen LogP contribution in [0.25, 0.3) is 0 Å². The van der Waals surface area contributed by atoms with Gasteiger partial charge in [-0.05, 0) is 0 Å². The number of carbonyl (C=O) groups is 2. The molecule has 0 aromatic rings. The van der Waals surface area contributed by atoms with Gasteiger partial charge in [0.2, 0.25) is 6.73 Å². The van der Waals surface area contributed by atoms with E-state index in [0.717, 1.165) is 0 Å². The molecule has 0 aromatic carbocycles. The van der Waals surface area contributed by atoms with Crippen LogP contribution in [0.4, 0.5) is 0 Å². The number of rotatable bonds is 2. The van der Waals surface area contributed by atoms with Gasteiger partial charge >= 0.3 is 11.9 Å². The van der Waals surface area contributed by atoms with Gasteiger partial charge in [0, 0.05) is 0 Å². The number of nitrogens with zero attached hydrogens (tertiary/aromatic N) is 1. The van der Waals surface area contributed by atoms with E-state index in [1.807, 2.05) is 0 Å². The van der Waals surface area contributed by atoms with Crippen LogP contribution < -0.4 is 0 Å². The van der Waals surface area contributed by atoms with Crippen LogP contribution >= 0.6 is 0 Å². The number of hydrogen-bond donors (Lipinski definition) is 1. The zero-order chi connectivity index (χ0) is 9.78. The lowest BCUT2D eigenvalue weighted by Gasteiger charge is -2.22. The Bertz CT molecular complexity index is 183. The average molecular weight is 178 g/mol. The first-order valence-electron chi connectivity index (χ1n) is 3.20. The van der Waals surface area contributed by atoms with Crippen molar-refractivity contribution in [1.82, 2.24) is 0 Å². The minimum absolute atomic E-state index is 0.0356. The van der Waals surface area contributed by atoms with Gasteiger partial charge in [-0.3, -0.25) is 9.37 Å². The van der Waals surface area contributed by atoms with Crippen molar-refractivity contribution in [3.05, 3.63) is 0 Å². The van der Waals surface area contributed by atoms with Gasteiger partial charge in [0.1, 0.15) is 0 Å². The number of esters is 1. The van der Waals surface area contributed by atoms with Crippen LogP contribution in [-0.4, -0.2) is 49.6 Å². The third-order valence-electron chi connectivity index (χ3n) is 0.833. The van der Waals surface area contributed by atoms with E-state index in [4.69, 9.17) is 5.26 Å². The molecule has 1 N–H and O–H groups in total. The highest BCUT2D eigenvalue weighted by molar-refractivity contribution is 6.29. The maximum atomic E-state index is 10.6. The first-order chi connectivity index (χ1) is 5.37. The number of carbonyl (C=O) groups excluding carboxylic acids is 2. The van der Waals surface area contributed by atoms with E-state index in [-0.39, 0.29) is 6.73 Å². The van der Waals surface area contributed by atoms with E-state index in [1.54, 1.807) is 21.1 Å². The van der Waals surface area contributed by atoms with E-state index >= 15 is 0 Å². The Morgan fingerprint density at radius 2 is 1.75 bits per heavy atom. The van der Waals surface area contributed by atoms with Crippen molar-refractivity contribution >= 4 is 11.9 Å². The Hall–Kier alpha value is -1.14. The summed E-state index contributed by atoms with van der Waals surface area (Å²) in [6, 6.07) is 0. The van der Waals surface area contributed by atoms with Crippen LogP contribution in [0.5, 0.6) is 0 Å². The van der Waals surface area contributed by atoms with Gasteiger partial charge in [0.25, 0.3) is 0 Å². The molecule has 0 saturated carbocycles. The third kappa shape index (κ3) is 4.64. The van der Waals surface area contributed by atoms with Crippen molar-refractivity contribution in [1.29, 1.82) is 0 Å². The first-order valence-corrected chi connectivity index (χ1v) is 3.20. The smallest absolute Gasteiger partial charge is 0.406 e. The fourth-order valence-corrected chi connectivity index (χ4v) is 0.348. The summed E-state index contributed by atoms with van der Waals surface area (Å²) in [5.74, 6) is -2.62. The molecule has 0 amide bonds. The highest BCUT2D eigenvalue weighted by Gasteiger charge is 2.20. The highest BCUT2D eigenvalue weighted by atomic mass is 17.1. The van der Waals surface area contributed by atoms with Gasteiger partial charge in [-0.2, -0.15) is 5.26 Å². The molecule has 0 heterocycles. The Morgan fingerprint density at radius 1 is 1.25 bits per heavy atom. The summed E-state index contributed by atoms with van der Waals surface area (Å²) in [6.07, 6.45) is 0. The molecule has 0 aromatic heterocycles. The summed E-state index contributed by atoms with van der Waals surface area (Å²) in [7, 11) is 5.33. The lowest BCUT2D eigenvalue weighted by atomic mass is 10.7.